The van der Waals surface area contributed by atoms with Crippen LogP contribution in [0, 0.1) is 5.92 Å². The van der Waals surface area contributed by atoms with Crippen molar-refractivity contribution in [3.63, 3.8) is 0 Å². The topological polar surface area (TPSA) is 70.6 Å². The number of alkyl carbamates (subject to hydrolysis) is 1. The molecule has 0 heterocycles. The van der Waals surface area contributed by atoms with Gasteiger partial charge in [-0.2, -0.15) is 0 Å². The molecule has 1 atom stereocenters. The molecule has 0 radical (unpaired) electrons. The smallest absolute Gasteiger partial charge is 0.407 e. The van der Waals surface area contributed by atoms with Crippen molar-refractivity contribution < 1.29 is 14.6 Å². The first-order chi connectivity index (χ1) is 9.21. The summed E-state index contributed by atoms with van der Waals surface area (Å²) in [6.07, 6.45) is 2.29. The van der Waals surface area contributed by atoms with E-state index in [1.54, 1.807) is 0 Å². The van der Waals surface area contributed by atoms with Crippen LogP contribution in [0.3, 0.4) is 0 Å². The van der Waals surface area contributed by atoms with Gasteiger partial charge >= 0.3 is 6.09 Å². The monoisotopic (exact) mass is 286 g/mol. The maximum Gasteiger partial charge on any atom is 0.407 e. The van der Waals surface area contributed by atoms with Gasteiger partial charge in [0.15, 0.2) is 0 Å². The molecule has 0 spiro atoms. The van der Waals surface area contributed by atoms with Crippen molar-refractivity contribution in [2.45, 2.75) is 77.6 Å². The Labute approximate surface area is 122 Å². The summed E-state index contributed by atoms with van der Waals surface area (Å²) in [5.74, 6) is 0.500. The number of hydrogen-bond acceptors (Lipinski definition) is 4. The third-order valence-corrected chi connectivity index (χ3v) is 3.55. The van der Waals surface area contributed by atoms with E-state index in [9.17, 15) is 4.79 Å². The molecular weight excluding hydrogens is 256 g/mol. The molecule has 5 nitrogen and oxygen atoms in total. The summed E-state index contributed by atoms with van der Waals surface area (Å²) in [5, 5.41) is 15.5. The highest BCUT2D eigenvalue weighted by Crippen LogP contribution is 2.22. The predicted molar refractivity (Wildman–Crippen MR) is 79.6 cm³/mol. The van der Waals surface area contributed by atoms with Crippen molar-refractivity contribution in [2.24, 2.45) is 5.92 Å². The second-order valence-electron chi connectivity index (χ2n) is 7.04. The first kappa shape index (κ1) is 17.2. The Kier molecular flexibility index (Phi) is 6.27. The van der Waals surface area contributed by atoms with Crippen LogP contribution in [0.4, 0.5) is 4.79 Å². The first-order valence-corrected chi connectivity index (χ1v) is 7.57. The summed E-state index contributed by atoms with van der Waals surface area (Å²) < 4.78 is 5.23. The molecule has 1 aliphatic rings. The fourth-order valence-electron chi connectivity index (χ4n) is 2.40. The standard InChI is InChI=1S/C15H30N2O3/c1-10(2)13(6-7-18)16-11-8-12(9-11)17-14(19)20-15(3,4)5/h10-13,16,18H,6-9H2,1-5H3,(H,17,19). The van der Waals surface area contributed by atoms with E-state index >= 15 is 0 Å². The molecule has 0 aromatic rings. The quantitative estimate of drug-likeness (QED) is 0.699. The lowest BCUT2D eigenvalue weighted by Crippen LogP contribution is -2.56. The second kappa shape index (κ2) is 7.27. The van der Waals surface area contributed by atoms with Gasteiger partial charge in [0.1, 0.15) is 5.60 Å². The lowest BCUT2D eigenvalue weighted by molar-refractivity contribution is 0.0460. The highest BCUT2D eigenvalue weighted by molar-refractivity contribution is 5.68. The lowest BCUT2D eigenvalue weighted by Gasteiger charge is -2.39. The number of carbonyl (C=O) groups excluding carboxylic acids is 1. The highest BCUT2D eigenvalue weighted by Gasteiger charge is 2.33. The molecule has 0 aliphatic heterocycles. The largest absolute Gasteiger partial charge is 0.444 e. The number of amides is 1. The summed E-state index contributed by atoms with van der Waals surface area (Å²) in [7, 11) is 0. The molecule has 1 rings (SSSR count). The van der Waals surface area contributed by atoms with Crippen LogP contribution in [0.1, 0.15) is 53.9 Å². The first-order valence-electron chi connectivity index (χ1n) is 7.57. The van der Waals surface area contributed by atoms with E-state index in [4.69, 9.17) is 9.84 Å². The van der Waals surface area contributed by atoms with E-state index < -0.39 is 5.60 Å². The van der Waals surface area contributed by atoms with Crippen molar-refractivity contribution >= 4 is 6.09 Å². The van der Waals surface area contributed by atoms with Gasteiger partial charge in [-0.1, -0.05) is 13.8 Å². The fraction of sp³-hybridized carbons (Fsp3) is 0.933. The van der Waals surface area contributed by atoms with E-state index in [0.29, 0.717) is 18.0 Å². The molecule has 1 unspecified atom stereocenters. The molecule has 20 heavy (non-hydrogen) atoms. The molecule has 3 N–H and O–H groups in total. The van der Waals surface area contributed by atoms with Crippen molar-refractivity contribution in [3.05, 3.63) is 0 Å². The molecule has 1 fully saturated rings. The molecular formula is C15H30N2O3. The lowest BCUT2D eigenvalue weighted by atomic mass is 9.85. The second-order valence-corrected chi connectivity index (χ2v) is 7.04. The molecule has 118 valence electrons. The van der Waals surface area contributed by atoms with Crippen molar-refractivity contribution in [1.82, 2.24) is 10.6 Å². The highest BCUT2D eigenvalue weighted by atomic mass is 16.6. The van der Waals surface area contributed by atoms with Gasteiger partial charge in [0, 0.05) is 24.7 Å². The zero-order valence-corrected chi connectivity index (χ0v) is 13.4. The van der Waals surface area contributed by atoms with Gasteiger partial charge in [-0.15, -0.1) is 0 Å². The maximum absolute atomic E-state index is 11.6. The zero-order chi connectivity index (χ0) is 15.3. The number of aliphatic hydroxyl groups is 1. The van der Waals surface area contributed by atoms with Crippen molar-refractivity contribution in [3.8, 4) is 0 Å². The maximum atomic E-state index is 11.6. The van der Waals surface area contributed by atoms with Crippen LogP contribution < -0.4 is 10.6 Å². The Hall–Kier alpha value is -0.810. The minimum atomic E-state index is -0.449. The van der Waals surface area contributed by atoms with Crippen LogP contribution >= 0.6 is 0 Å². The number of rotatable bonds is 6. The van der Waals surface area contributed by atoms with Gasteiger partial charge in [-0.05, 0) is 46.0 Å². The Morgan fingerprint density at radius 2 is 1.90 bits per heavy atom. The number of carbonyl (C=O) groups is 1. The molecule has 0 aromatic heterocycles. The van der Waals surface area contributed by atoms with Crippen LogP contribution in [0.2, 0.25) is 0 Å². The molecule has 5 heteroatoms. The number of aliphatic hydroxyl groups excluding tert-OH is 1. The summed E-state index contributed by atoms with van der Waals surface area (Å²) in [4.78, 5) is 11.6. The fourth-order valence-corrected chi connectivity index (χ4v) is 2.40. The van der Waals surface area contributed by atoms with Crippen LogP contribution in [-0.4, -0.2) is 41.5 Å². The Morgan fingerprint density at radius 3 is 2.35 bits per heavy atom. The van der Waals surface area contributed by atoms with E-state index in [2.05, 4.69) is 24.5 Å². The SMILES string of the molecule is CC(C)C(CCO)NC1CC(NC(=O)OC(C)(C)C)C1. The van der Waals surface area contributed by atoms with E-state index in [1.165, 1.54) is 0 Å². The van der Waals surface area contributed by atoms with Crippen LogP contribution in [0.15, 0.2) is 0 Å². The number of ether oxygens (including phenoxy) is 1. The van der Waals surface area contributed by atoms with Gasteiger partial charge in [-0.3, -0.25) is 0 Å². The summed E-state index contributed by atoms with van der Waals surface area (Å²) in [5.41, 5.74) is -0.449. The van der Waals surface area contributed by atoms with Crippen LogP contribution in [-0.2, 0) is 4.74 Å². The number of hydrogen-bond donors (Lipinski definition) is 3. The van der Waals surface area contributed by atoms with E-state index in [-0.39, 0.29) is 18.7 Å². The van der Waals surface area contributed by atoms with Crippen molar-refractivity contribution in [2.75, 3.05) is 6.61 Å². The average Bonchev–Trinajstić information content (AvgIpc) is 2.21. The Balaban J connectivity index is 2.24. The van der Waals surface area contributed by atoms with Crippen LogP contribution in [0.5, 0.6) is 0 Å². The normalized spacial score (nSPS) is 24.1. The minimum absolute atomic E-state index is 0.198. The summed E-state index contributed by atoms with van der Waals surface area (Å²) >= 11 is 0. The van der Waals surface area contributed by atoms with Gasteiger partial charge in [0.05, 0.1) is 0 Å². The van der Waals surface area contributed by atoms with E-state index in [1.807, 2.05) is 20.8 Å². The van der Waals surface area contributed by atoms with Crippen molar-refractivity contribution in [1.29, 1.82) is 0 Å². The van der Waals surface area contributed by atoms with Gasteiger partial charge in [0.2, 0.25) is 0 Å². The summed E-state index contributed by atoms with van der Waals surface area (Å²) in [6, 6.07) is 0.964. The van der Waals surface area contributed by atoms with Gasteiger partial charge in [-0.25, -0.2) is 4.79 Å². The molecule has 0 bridgehead atoms. The Morgan fingerprint density at radius 1 is 1.30 bits per heavy atom. The molecule has 1 amide bonds. The molecule has 0 saturated heterocycles. The minimum Gasteiger partial charge on any atom is -0.444 e. The third-order valence-electron chi connectivity index (χ3n) is 3.55. The molecule has 1 aliphatic carbocycles. The average molecular weight is 286 g/mol. The number of nitrogens with one attached hydrogen (secondary N) is 2. The summed E-state index contributed by atoms with van der Waals surface area (Å²) in [6.45, 7) is 10.1. The third kappa shape index (κ3) is 6.09. The van der Waals surface area contributed by atoms with Gasteiger partial charge < -0.3 is 20.5 Å². The Bertz CT molecular complexity index is 307. The molecule has 0 aromatic carbocycles. The zero-order valence-electron chi connectivity index (χ0n) is 13.4. The van der Waals surface area contributed by atoms with E-state index in [0.717, 1.165) is 19.3 Å². The molecule has 1 saturated carbocycles. The van der Waals surface area contributed by atoms with Gasteiger partial charge in [0.25, 0.3) is 0 Å². The van der Waals surface area contributed by atoms with Crippen LogP contribution in [0.25, 0.3) is 0 Å². The predicted octanol–water partition coefficient (Wildman–Crippen LogP) is 2.04.